The highest BCUT2D eigenvalue weighted by molar-refractivity contribution is 7.48. The lowest BCUT2D eigenvalue weighted by atomic mass is 9.55. The van der Waals surface area contributed by atoms with E-state index in [1.165, 1.54) is 30.4 Å². The quantitative estimate of drug-likeness (QED) is 0.126. The summed E-state index contributed by atoms with van der Waals surface area (Å²) < 4.78 is 42.3. The number of benzene rings is 2. The first-order valence-electron chi connectivity index (χ1n) is 17.6. The number of anilines is 1. The van der Waals surface area contributed by atoms with Gasteiger partial charge in [-0.2, -0.15) is 0 Å². The molecule has 2 aromatic rings. The van der Waals surface area contributed by atoms with Gasteiger partial charge in [-0.25, -0.2) is 4.57 Å². The summed E-state index contributed by atoms with van der Waals surface area (Å²) in [6, 6.07) is 9.03. The molecule has 4 N–H and O–H groups in total. The number of hydrogen-bond acceptors (Lipinski definition) is 9. The Morgan fingerprint density at radius 3 is 2.41 bits per heavy atom. The van der Waals surface area contributed by atoms with Crippen molar-refractivity contribution in [3.05, 3.63) is 47.0 Å². The molecule has 2 fully saturated rings. The van der Waals surface area contributed by atoms with E-state index in [4.69, 9.17) is 28.8 Å². The number of phenols is 1. The molecule has 0 spiro atoms. The number of phosphoric acid groups is 1. The monoisotopic (exact) mass is 700 g/mol. The van der Waals surface area contributed by atoms with Gasteiger partial charge in [-0.1, -0.05) is 40.7 Å². The maximum atomic E-state index is 13.5. The number of aryl methyl sites for hydroxylation is 1. The molecule has 12 heteroatoms. The van der Waals surface area contributed by atoms with Crippen molar-refractivity contribution in [1.82, 2.24) is 0 Å². The summed E-state index contributed by atoms with van der Waals surface area (Å²) in [5.41, 5.74) is 7.93. The number of phosphoric ester groups is 1. The number of aromatic hydroxyl groups is 1. The molecule has 0 aromatic heterocycles. The normalized spacial score (nSPS) is 24.7. The topological polar surface area (TPSA) is 156 Å². The number of amides is 2. The first-order valence-corrected chi connectivity index (χ1v) is 19.0. The maximum Gasteiger partial charge on any atom is 0.530 e. The van der Waals surface area contributed by atoms with Crippen LogP contribution in [0.2, 0.25) is 0 Å². The van der Waals surface area contributed by atoms with Crippen molar-refractivity contribution in [1.29, 1.82) is 0 Å². The van der Waals surface area contributed by atoms with Crippen LogP contribution in [0.15, 0.2) is 30.3 Å². The van der Waals surface area contributed by atoms with Gasteiger partial charge in [-0.3, -0.25) is 18.6 Å². The predicted molar refractivity (Wildman–Crippen MR) is 187 cm³/mol. The van der Waals surface area contributed by atoms with Gasteiger partial charge in [0.15, 0.2) is 5.75 Å². The van der Waals surface area contributed by atoms with E-state index >= 15 is 0 Å². The average Bonchev–Trinajstić information content (AvgIpc) is 3.39. The molecule has 5 atom stereocenters. The molecule has 2 aromatic carbocycles. The van der Waals surface area contributed by atoms with Gasteiger partial charge in [-0.15, -0.1) is 0 Å². The molecule has 270 valence electrons. The molecule has 5 rings (SSSR count). The van der Waals surface area contributed by atoms with Crippen LogP contribution >= 0.6 is 7.82 Å². The number of methoxy groups -OCH3 is 1. The molecule has 11 nitrogen and oxygen atoms in total. The number of nitrogens with one attached hydrogen (secondary N) is 1. The molecule has 2 saturated carbocycles. The van der Waals surface area contributed by atoms with E-state index in [1.807, 2.05) is 39.8 Å². The Balaban J connectivity index is 1.18. The summed E-state index contributed by atoms with van der Waals surface area (Å²) in [5.74, 6) is 0.935. The van der Waals surface area contributed by atoms with Gasteiger partial charge >= 0.3 is 7.82 Å². The summed E-state index contributed by atoms with van der Waals surface area (Å²) >= 11 is 0. The number of carbonyl (C=O) groups is 2. The van der Waals surface area contributed by atoms with Gasteiger partial charge < -0.3 is 30.2 Å². The highest BCUT2D eigenvalue weighted by atomic mass is 31.2. The Kier molecular flexibility index (Phi) is 11.7. The van der Waals surface area contributed by atoms with Gasteiger partial charge in [0.1, 0.15) is 17.1 Å². The Morgan fingerprint density at radius 1 is 1.04 bits per heavy atom. The molecule has 49 heavy (non-hydrogen) atoms. The summed E-state index contributed by atoms with van der Waals surface area (Å²) in [5, 5.41) is 13.2. The zero-order valence-electron chi connectivity index (χ0n) is 29.7. The molecule has 3 aliphatic carbocycles. The highest BCUT2D eigenvalue weighted by Crippen LogP contribution is 2.62. The second-order valence-electron chi connectivity index (χ2n) is 14.9. The fourth-order valence-corrected chi connectivity index (χ4v) is 9.64. The highest BCUT2D eigenvalue weighted by Gasteiger charge is 2.55. The second kappa shape index (κ2) is 15.4. The molecule has 3 aliphatic rings. The van der Waals surface area contributed by atoms with Crippen LogP contribution in [0.4, 0.5) is 5.69 Å². The van der Waals surface area contributed by atoms with Crippen molar-refractivity contribution in [2.75, 3.05) is 32.2 Å². The van der Waals surface area contributed by atoms with E-state index in [0.717, 1.165) is 38.5 Å². The largest absolute Gasteiger partial charge is 0.530 e. The first-order chi connectivity index (χ1) is 23.2. The fourth-order valence-electron chi connectivity index (χ4n) is 8.13. The summed E-state index contributed by atoms with van der Waals surface area (Å²) in [7, 11) is -2.39. The van der Waals surface area contributed by atoms with Crippen LogP contribution in [0.25, 0.3) is 0 Å². The third kappa shape index (κ3) is 8.28. The van der Waals surface area contributed by atoms with Crippen LogP contribution in [0, 0.1) is 29.1 Å². The smallest absolute Gasteiger partial charge is 0.505 e. The lowest BCUT2D eigenvalue weighted by molar-refractivity contribution is -0.119. The van der Waals surface area contributed by atoms with Crippen molar-refractivity contribution in [3.63, 3.8) is 0 Å². The van der Waals surface area contributed by atoms with E-state index in [0.29, 0.717) is 23.5 Å². The molecular weight excluding hydrogens is 647 g/mol. The molecule has 0 bridgehead atoms. The standard InChI is InChI=1S/C37H53N2O9P/c1-22(2)20-46-49(43,47-21-23(3)4)48-25-8-10-26-24(19-25)7-9-28-27(26)15-17-37(5)29(28)11-14-32(37)45-18-16-33(40)39-30-12-13-31(44-6)34(35(30)41)36(38)42/h8,10,12-13,19,22-23,27-29,32,41H,7,9,11,14-18,20-21H2,1-6H3,(H2,38,42)(H,39,40)/t27-,28-,29+,32+,37+/m1/s1. The Labute approximate surface area is 290 Å². The van der Waals surface area contributed by atoms with Crippen molar-refractivity contribution >= 4 is 25.3 Å². The van der Waals surface area contributed by atoms with E-state index in [1.54, 1.807) is 0 Å². The first kappa shape index (κ1) is 37.2. The van der Waals surface area contributed by atoms with E-state index in [-0.39, 0.29) is 72.5 Å². The van der Waals surface area contributed by atoms with E-state index < -0.39 is 19.5 Å². The number of ether oxygens (including phenoxy) is 2. The molecular formula is C37H53N2O9P. The number of carbonyl (C=O) groups excluding carboxylic acids is 2. The predicted octanol–water partition coefficient (Wildman–Crippen LogP) is 7.60. The summed E-state index contributed by atoms with van der Waals surface area (Å²) in [6.07, 6.45) is 6.29. The van der Waals surface area contributed by atoms with Crippen LogP contribution in [0.5, 0.6) is 17.2 Å². The minimum atomic E-state index is -3.76. The van der Waals surface area contributed by atoms with Crippen molar-refractivity contribution in [2.24, 2.45) is 34.8 Å². The van der Waals surface area contributed by atoms with Crippen LogP contribution in [0.3, 0.4) is 0 Å². The lowest BCUT2D eigenvalue weighted by Gasteiger charge is -2.50. The van der Waals surface area contributed by atoms with Gasteiger partial charge in [0.2, 0.25) is 5.91 Å². The zero-order chi connectivity index (χ0) is 35.5. The van der Waals surface area contributed by atoms with Gasteiger partial charge in [0.05, 0.1) is 45.1 Å². The minimum absolute atomic E-state index is 0.0248. The third-order valence-corrected chi connectivity index (χ3v) is 11.9. The van der Waals surface area contributed by atoms with E-state index in [2.05, 4.69) is 18.3 Å². The summed E-state index contributed by atoms with van der Waals surface area (Å²) in [4.78, 5) is 24.6. The molecule has 0 radical (unpaired) electrons. The van der Waals surface area contributed by atoms with E-state index in [9.17, 15) is 19.3 Å². The number of primary amides is 1. The molecule has 0 saturated heterocycles. The van der Waals surface area contributed by atoms with Crippen LogP contribution in [-0.2, 0) is 29.6 Å². The molecule has 0 aliphatic heterocycles. The SMILES string of the molecule is COc1ccc(NC(=O)CCO[C@H]2CC[C@H]3[C@@H]4CCc5cc(OP(=O)(OCC(C)C)OCC(C)C)ccc5[C@H]4CC[C@]23C)c(O)c1C(N)=O. The molecule has 0 heterocycles. The Bertz CT molecular complexity index is 1550. The Hall–Kier alpha value is -3.11. The number of hydrogen-bond donors (Lipinski definition) is 3. The third-order valence-electron chi connectivity index (χ3n) is 10.5. The van der Waals surface area contributed by atoms with Gasteiger partial charge in [0, 0.05) is 0 Å². The van der Waals surface area contributed by atoms with Crippen LogP contribution in [0.1, 0.15) is 101 Å². The maximum absolute atomic E-state index is 13.5. The van der Waals surface area contributed by atoms with Gasteiger partial charge in [0.25, 0.3) is 5.91 Å². The average molecular weight is 701 g/mol. The lowest BCUT2D eigenvalue weighted by Crippen LogP contribution is -2.44. The number of fused-ring (bicyclic) bond motifs is 5. The second-order valence-corrected chi connectivity index (χ2v) is 16.5. The number of nitrogens with two attached hydrogens (primary N) is 1. The van der Waals surface area contributed by atoms with Crippen molar-refractivity contribution < 1.29 is 42.3 Å². The Morgan fingerprint density at radius 2 is 1.76 bits per heavy atom. The van der Waals surface area contributed by atoms with Crippen LogP contribution in [-0.4, -0.2) is 50.0 Å². The van der Waals surface area contributed by atoms with Gasteiger partial charge in [-0.05, 0) is 109 Å². The van der Waals surface area contributed by atoms with Crippen molar-refractivity contribution in [3.8, 4) is 17.2 Å². The zero-order valence-corrected chi connectivity index (χ0v) is 30.6. The number of rotatable bonds is 15. The molecule has 0 unspecified atom stereocenters. The fraction of sp³-hybridized carbons (Fsp3) is 0.622. The molecule has 2 amide bonds. The van der Waals surface area contributed by atoms with Crippen LogP contribution < -0.4 is 20.3 Å². The van der Waals surface area contributed by atoms with Crippen molar-refractivity contribution in [2.45, 2.75) is 91.6 Å². The minimum Gasteiger partial charge on any atom is -0.505 e. The summed E-state index contributed by atoms with van der Waals surface area (Å²) in [6.45, 7) is 11.2.